The Balaban J connectivity index is 1.82. The van der Waals surface area contributed by atoms with Gasteiger partial charge in [-0.1, -0.05) is 15.9 Å². The number of benzene rings is 1. The lowest BCUT2D eigenvalue weighted by Crippen LogP contribution is -2.26. The van der Waals surface area contributed by atoms with Crippen LogP contribution in [0.4, 0.5) is 0 Å². The highest BCUT2D eigenvalue weighted by Crippen LogP contribution is 2.22. The van der Waals surface area contributed by atoms with E-state index >= 15 is 0 Å². The van der Waals surface area contributed by atoms with E-state index in [1.165, 1.54) is 0 Å². The standard InChI is InChI=1S/C13H13BrN2O2/c14-10-1-4-12(9(7-10)8-15)18-6-5-13(17)16-11-2-3-11/h1,4,7,11H,2-3,5-6H2,(H,16,17). The lowest BCUT2D eigenvalue weighted by atomic mass is 10.2. The molecule has 0 aromatic heterocycles. The van der Waals surface area contributed by atoms with E-state index in [1.54, 1.807) is 18.2 Å². The molecule has 1 aliphatic carbocycles. The summed E-state index contributed by atoms with van der Waals surface area (Å²) < 4.78 is 6.28. The highest BCUT2D eigenvalue weighted by atomic mass is 79.9. The first-order valence-corrected chi connectivity index (χ1v) is 6.60. The van der Waals surface area contributed by atoms with Gasteiger partial charge in [0.15, 0.2) is 0 Å². The molecule has 1 amide bonds. The zero-order valence-corrected chi connectivity index (χ0v) is 11.4. The molecule has 1 aliphatic rings. The maximum Gasteiger partial charge on any atom is 0.223 e. The molecule has 0 bridgehead atoms. The average Bonchev–Trinajstić information content (AvgIpc) is 3.14. The van der Waals surface area contributed by atoms with Crippen molar-refractivity contribution in [1.29, 1.82) is 5.26 Å². The van der Waals surface area contributed by atoms with Gasteiger partial charge in [0, 0.05) is 10.5 Å². The molecule has 18 heavy (non-hydrogen) atoms. The van der Waals surface area contributed by atoms with Crippen LogP contribution in [0.15, 0.2) is 22.7 Å². The summed E-state index contributed by atoms with van der Waals surface area (Å²) in [5.74, 6) is 0.521. The third kappa shape index (κ3) is 3.74. The lowest BCUT2D eigenvalue weighted by Gasteiger charge is -2.08. The first-order chi connectivity index (χ1) is 8.69. The normalized spacial score (nSPS) is 13.8. The summed E-state index contributed by atoms with van der Waals surface area (Å²) >= 11 is 3.29. The number of ether oxygens (including phenoxy) is 1. The zero-order chi connectivity index (χ0) is 13.0. The van der Waals surface area contributed by atoms with Crippen LogP contribution in [0.25, 0.3) is 0 Å². The molecular formula is C13H13BrN2O2. The monoisotopic (exact) mass is 308 g/mol. The fourth-order valence-corrected chi connectivity index (χ4v) is 1.86. The van der Waals surface area contributed by atoms with E-state index in [0.29, 0.717) is 23.8 Å². The highest BCUT2D eigenvalue weighted by Gasteiger charge is 2.22. The molecular weight excluding hydrogens is 296 g/mol. The minimum atomic E-state index is 0.00752. The van der Waals surface area contributed by atoms with Crippen LogP contribution in [-0.2, 0) is 4.79 Å². The van der Waals surface area contributed by atoms with Gasteiger partial charge >= 0.3 is 0 Å². The molecule has 94 valence electrons. The van der Waals surface area contributed by atoms with E-state index in [9.17, 15) is 4.79 Å². The fraction of sp³-hybridized carbons (Fsp3) is 0.385. The summed E-state index contributed by atoms with van der Waals surface area (Å²) in [6, 6.07) is 7.66. The summed E-state index contributed by atoms with van der Waals surface area (Å²) in [5.41, 5.74) is 0.465. The van der Waals surface area contributed by atoms with E-state index in [1.807, 2.05) is 0 Å². The molecule has 0 atom stereocenters. The van der Waals surface area contributed by atoms with Crippen LogP contribution in [0.2, 0.25) is 0 Å². The van der Waals surface area contributed by atoms with Gasteiger partial charge in [0.25, 0.3) is 0 Å². The summed E-state index contributed by atoms with van der Waals surface area (Å²) in [6.07, 6.45) is 2.48. The number of nitrogens with one attached hydrogen (secondary N) is 1. The van der Waals surface area contributed by atoms with Gasteiger partial charge in [-0.3, -0.25) is 4.79 Å². The largest absolute Gasteiger partial charge is 0.492 e. The third-order valence-electron chi connectivity index (χ3n) is 2.59. The van der Waals surface area contributed by atoms with Gasteiger partial charge in [-0.2, -0.15) is 5.26 Å². The molecule has 0 aliphatic heterocycles. The first-order valence-electron chi connectivity index (χ1n) is 5.81. The smallest absolute Gasteiger partial charge is 0.223 e. The summed E-state index contributed by atoms with van der Waals surface area (Å²) in [7, 11) is 0. The number of rotatable bonds is 5. The first kappa shape index (κ1) is 12.9. The van der Waals surface area contributed by atoms with Crippen LogP contribution in [0.1, 0.15) is 24.8 Å². The number of halogens is 1. The number of carbonyl (C=O) groups excluding carboxylic acids is 1. The Bertz CT molecular complexity index is 492. The molecule has 1 fully saturated rings. The SMILES string of the molecule is N#Cc1cc(Br)ccc1OCCC(=O)NC1CC1. The van der Waals surface area contributed by atoms with E-state index in [2.05, 4.69) is 27.3 Å². The second-order valence-corrected chi connectivity index (χ2v) is 5.11. The zero-order valence-electron chi connectivity index (χ0n) is 9.78. The van der Waals surface area contributed by atoms with Gasteiger partial charge in [-0.05, 0) is 31.0 Å². The maximum absolute atomic E-state index is 11.4. The van der Waals surface area contributed by atoms with Crippen LogP contribution in [0, 0.1) is 11.3 Å². The highest BCUT2D eigenvalue weighted by molar-refractivity contribution is 9.10. The van der Waals surface area contributed by atoms with Gasteiger partial charge in [0.05, 0.1) is 18.6 Å². The fourth-order valence-electron chi connectivity index (χ4n) is 1.50. The molecule has 1 aromatic carbocycles. The van der Waals surface area contributed by atoms with Crippen LogP contribution in [-0.4, -0.2) is 18.6 Å². The lowest BCUT2D eigenvalue weighted by molar-refractivity contribution is -0.121. The van der Waals surface area contributed by atoms with Crippen molar-refractivity contribution in [2.75, 3.05) is 6.61 Å². The van der Waals surface area contributed by atoms with Crippen molar-refractivity contribution in [2.45, 2.75) is 25.3 Å². The van der Waals surface area contributed by atoms with Crippen molar-refractivity contribution in [1.82, 2.24) is 5.32 Å². The Morgan fingerprint density at radius 3 is 3.00 bits per heavy atom. The molecule has 4 nitrogen and oxygen atoms in total. The van der Waals surface area contributed by atoms with Gasteiger partial charge in [-0.15, -0.1) is 0 Å². The van der Waals surface area contributed by atoms with E-state index in [0.717, 1.165) is 17.3 Å². The second-order valence-electron chi connectivity index (χ2n) is 4.19. The Labute approximate surface area is 114 Å². The van der Waals surface area contributed by atoms with Crippen molar-refractivity contribution >= 4 is 21.8 Å². The molecule has 0 heterocycles. The molecule has 0 saturated heterocycles. The number of carbonyl (C=O) groups is 1. The molecule has 1 N–H and O–H groups in total. The Morgan fingerprint density at radius 1 is 1.56 bits per heavy atom. The van der Waals surface area contributed by atoms with Gasteiger partial charge in [0.1, 0.15) is 11.8 Å². The summed E-state index contributed by atoms with van der Waals surface area (Å²) in [4.78, 5) is 11.4. The molecule has 0 radical (unpaired) electrons. The number of amides is 1. The maximum atomic E-state index is 11.4. The summed E-state index contributed by atoms with van der Waals surface area (Å²) in [5, 5.41) is 11.8. The number of hydrogen-bond donors (Lipinski definition) is 1. The Kier molecular flexibility index (Phi) is 4.21. The minimum Gasteiger partial charge on any atom is -0.492 e. The summed E-state index contributed by atoms with van der Waals surface area (Å²) in [6.45, 7) is 0.287. The van der Waals surface area contributed by atoms with Crippen LogP contribution >= 0.6 is 15.9 Å². The molecule has 2 rings (SSSR count). The van der Waals surface area contributed by atoms with Crippen LogP contribution < -0.4 is 10.1 Å². The molecule has 1 aromatic rings. The molecule has 0 spiro atoms. The van der Waals surface area contributed by atoms with Gasteiger partial charge in [0.2, 0.25) is 5.91 Å². The Morgan fingerprint density at radius 2 is 2.33 bits per heavy atom. The van der Waals surface area contributed by atoms with Gasteiger partial charge < -0.3 is 10.1 Å². The van der Waals surface area contributed by atoms with Crippen molar-refractivity contribution < 1.29 is 9.53 Å². The predicted octanol–water partition coefficient (Wildman–Crippen LogP) is 2.37. The van der Waals surface area contributed by atoms with E-state index in [4.69, 9.17) is 10.00 Å². The molecule has 1 saturated carbocycles. The molecule has 5 heteroatoms. The minimum absolute atomic E-state index is 0.00752. The van der Waals surface area contributed by atoms with E-state index < -0.39 is 0 Å². The quantitative estimate of drug-likeness (QED) is 0.908. The van der Waals surface area contributed by atoms with Crippen molar-refractivity contribution in [3.63, 3.8) is 0 Å². The van der Waals surface area contributed by atoms with Crippen LogP contribution in [0.3, 0.4) is 0 Å². The number of nitriles is 1. The number of nitrogens with zero attached hydrogens (tertiary/aromatic N) is 1. The second kappa shape index (κ2) is 5.87. The van der Waals surface area contributed by atoms with Crippen molar-refractivity contribution in [2.24, 2.45) is 0 Å². The van der Waals surface area contributed by atoms with Crippen molar-refractivity contribution in [3.8, 4) is 11.8 Å². The predicted molar refractivity (Wildman–Crippen MR) is 70.1 cm³/mol. The topological polar surface area (TPSA) is 62.1 Å². The van der Waals surface area contributed by atoms with Gasteiger partial charge in [-0.25, -0.2) is 0 Å². The Hall–Kier alpha value is -1.54. The number of hydrogen-bond acceptors (Lipinski definition) is 3. The van der Waals surface area contributed by atoms with Crippen LogP contribution in [0.5, 0.6) is 5.75 Å². The van der Waals surface area contributed by atoms with Crippen molar-refractivity contribution in [3.05, 3.63) is 28.2 Å². The molecule has 0 unspecified atom stereocenters. The van der Waals surface area contributed by atoms with E-state index in [-0.39, 0.29) is 12.5 Å². The third-order valence-corrected chi connectivity index (χ3v) is 3.08. The average molecular weight is 309 g/mol.